The zero-order valence-corrected chi connectivity index (χ0v) is 13.6. The van der Waals surface area contributed by atoms with Crippen LogP contribution in [-0.4, -0.2) is 23.7 Å². The second-order valence-electron chi connectivity index (χ2n) is 5.94. The SMILES string of the molecule is CC(CNC(=O)OCc1ccccc1)(Cc1ccccc1)C(=O)O. The van der Waals surface area contributed by atoms with Gasteiger partial charge in [-0.15, -0.1) is 0 Å². The van der Waals surface area contributed by atoms with Crippen LogP contribution in [0.1, 0.15) is 18.1 Å². The van der Waals surface area contributed by atoms with Crippen molar-refractivity contribution in [1.29, 1.82) is 0 Å². The summed E-state index contributed by atoms with van der Waals surface area (Å²) in [6, 6.07) is 18.6. The first-order chi connectivity index (χ1) is 11.5. The molecule has 2 aromatic rings. The van der Waals surface area contributed by atoms with Crippen LogP contribution in [0.2, 0.25) is 0 Å². The fraction of sp³-hybridized carbons (Fsp3) is 0.263. The summed E-state index contributed by atoms with van der Waals surface area (Å²) in [5.74, 6) is -0.963. The molecule has 126 valence electrons. The minimum atomic E-state index is -1.10. The van der Waals surface area contributed by atoms with Crippen LogP contribution in [-0.2, 0) is 22.6 Å². The molecule has 0 aliphatic rings. The Hall–Kier alpha value is -2.82. The van der Waals surface area contributed by atoms with Crippen molar-refractivity contribution >= 4 is 12.1 Å². The van der Waals surface area contributed by atoms with E-state index in [1.165, 1.54) is 0 Å². The number of carboxylic acid groups (broad SMARTS) is 1. The predicted octanol–water partition coefficient (Wildman–Crippen LogP) is 3.25. The topological polar surface area (TPSA) is 75.6 Å². The van der Waals surface area contributed by atoms with E-state index in [0.717, 1.165) is 11.1 Å². The standard InChI is InChI=1S/C19H21NO4/c1-19(17(21)22,12-15-8-4-2-5-9-15)14-20-18(23)24-13-16-10-6-3-7-11-16/h2-11H,12-14H2,1H3,(H,20,23)(H,21,22). The summed E-state index contributed by atoms with van der Waals surface area (Å²) < 4.78 is 5.11. The summed E-state index contributed by atoms with van der Waals surface area (Å²) in [4.78, 5) is 23.4. The number of carbonyl (C=O) groups excluding carboxylic acids is 1. The van der Waals surface area contributed by atoms with Gasteiger partial charge in [0.2, 0.25) is 0 Å². The minimum absolute atomic E-state index is 0.00908. The van der Waals surface area contributed by atoms with Crippen molar-refractivity contribution in [1.82, 2.24) is 5.32 Å². The molecule has 0 bridgehead atoms. The van der Waals surface area contributed by atoms with Crippen LogP contribution in [0.15, 0.2) is 60.7 Å². The third-order valence-corrected chi connectivity index (χ3v) is 3.79. The van der Waals surface area contributed by atoms with Crippen LogP contribution < -0.4 is 5.32 Å². The number of alkyl carbamates (subject to hydrolysis) is 1. The molecule has 0 spiro atoms. The van der Waals surface area contributed by atoms with Crippen molar-refractivity contribution in [3.63, 3.8) is 0 Å². The molecule has 0 radical (unpaired) electrons. The highest BCUT2D eigenvalue weighted by molar-refractivity contribution is 5.76. The monoisotopic (exact) mass is 327 g/mol. The first kappa shape index (κ1) is 17.5. The molecule has 0 aliphatic heterocycles. The summed E-state index contributed by atoms with van der Waals surface area (Å²) in [5.41, 5.74) is 0.674. The lowest BCUT2D eigenvalue weighted by atomic mass is 9.83. The second-order valence-corrected chi connectivity index (χ2v) is 5.94. The van der Waals surface area contributed by atoms with Gasteiger partial charge >= 0.3 is 12.1 Å². The van der Waals surface area contributed by atoms with Crippen molar-refractivity contribution in [3.05, 3.63) is 71.8 Å². The molecular formula is C19H21NO4. The zero-order chi connectivity index (χ0) is 17.4. The van der Waals surface area contributed by atoms with Crippen molar-refractivity contribution in [2.45, 2.75) is 20.0 Å². The number of hydrogen-bond acceptors (Lipinski definition) is 3. The number of ether oxygens (including phenoxy) is 1. The summed E-state index contributed by atoms with van der Waals surface area (Å²) in [6.07, 6.45) is -0.304. The molecule has 1 atom stereocenters. The maximum absolute atomic E-state index is 11.8. The smallest absolute Gasteiger partial charge is 0.407 e. The van der Waals surface area contributed by atoms with E-state index in [2.05, 4.69) is 5.32 Å². The number of benzene rings is 2. The highest BCUT2D eigenvalue weighted by Crippen LogP contribution is 2.22. The number of carboxylic acids is 1. The van der Waals surface area contributed by atoms with Crippen molar-refractivity contribution < 1.29 is 19.4 Å². The average Bonchev–Trinajstić information content (AvgIpc) is 2.60. The molecule has 0 heterocycles. The normalized spacial score (nSPS) is 12.9. The minimum Gasteiger partial charge on any atom is -0.481 e. The number of aliphatic carboxylic acids is 1. The third-order valence-electron chi connectivity index (χ3n) is 3.79. The summed E-state index contributed by atoms with van der Waals surface area (Å²) >= 11 is 0. The van der Waals surface area contributed by atoms with Crippen LogP contribution in [0.25, 0.3) is 0 Å². The predicted molar refractivity (Wildman–Crippen MR) is 90.5 cm³/mol. The van der Waals surface area contributed by atoms with E-state index in [1.807, 2.05) is 60.7 Å². The molecule has 2 rings (SSSR count). The van der Waals surface area contributed by atoms with Gasteiger partial charge in [-0.3, -0.25) is 4.79 Å². The second kappa shape index (κ2) is 8.15. The van der Waals surface area contributed by atoms with Gasteiger partial charge in [-0.1, -0.05) is 60.7 Å². The lowest BCUT2D eigenvalue weighted by Crippen LogP contribution is -2.42. The lowest BCUT2D eigenvalue weighted by Gasteiger charge is -2.25. The highest BCUT2D eigenvalue weighted by atomic mass is 16.5. The lowest BCUT2D eigenvalue weighted by molar-refractivity contribution is -0.147. The maximum Gasteiger partial charge on any atom is 0.407 e. The molecule has 0 aromatic heterocycles. The van der Waals surface area contributed by atoms with E-state index < -0.39 is 17.5 Å². The molecule has 0 saturated carbocycles. The van der Waals surface area contributed by atoms with Gasteiger partial charge in [-0.2, -0.15) is 0 Å². The van der Waals surface area contributed by atoms with Gasteiger partial charge in [-0.05, 0) is 24.5 Å². The molecule has 2 aromatic carbocycles. The third kappa shape index (κ3) is 5.12. The summed E-state index contributed by atoms with van der Waals surface area (Å²) in [5, 5.41) is 12.1. The average molecular weight is 327 g/mol. The molecule has 0 fully saturated rings. The highest BCUT2D eigenvalue weighted by Gasteiger charge is 2.34. The Kier molecular flexibility index (Phi) is 5.95. The van der Waals surface area contributed by atoms with Crippen molar-refractivity contribution in [2.24, 2.45) is 5.41 Å². The number of carbonyl (C=O) groups is 2. The maximum atomic E-state index is 11.8. The number of nitrogens with one attached hydrogen (secondary N) is 1. The summed E-state index contributed by atoms with van der Waals surface area (Å²) in [6.45, 7) is 1.75. The van der Waals surface area contributed by atoms with E-state index in [4.69, 9.17) is 4.74 Å². The molecule has 2 N–H and O–H groups in total. The van der Waals surface area contributed by atoms with Gasteiger partial charge in [0, 0.05) is 6.54 Å². The van der Waals surface area contributed by atoms with Gasteiger partial charge in [0.25, 0.3) is 0 Å². The van der Waals surface area contributed by atoms with Crippen LogP contribution >= 0.6 is 0 Å². The van der Waals surface area contributed by atoms with E-state index in [1.54, 1.807) is 6.92 Å². The van der Waals surface area contributed by atoms with Crippen LogP contribution in [0, 0.1) is 5.41 Å². The molecule has 5 heteroatoms. The fourth-order valence-electron chi connectivity index (χ4n) is 2.30. The first-order valence-corrected chi connectivity index (χ1v) is 7.71. The Morgan fingerprint density at radius 1 is 1.00 bits per heavy atom. The molecule has 0 aliphatic carbocycles. The molecular weight excluding hydrogens is 306 g/mol. The van der Waals surface area contributed by atoms with Crippen LogP contribution in [0.5, 0.6) is 0 Å². The quantitative estimate of drug-likeness (QED) is 0.818. The van der Waals surface area contributed by atoms with Gasteiger partial charge in [0.05, 0.1) is 5.41 Å². The van der Waals surface area contributed by atoms with E-state index >= 15 is 0 Å². The van der Waals surface area contributed by atoms with Crippen molar-refractivity contribution in [3.8, 4) is 0 Å². The van der Waals surface area contributed by atoms with Gasteiger partial charge in [0.15, 0.2) is 0 Å². The largest absolute Gasteiger partial charge is 0.481 e. The zero-order valence-electron chi connectivity index (χ0n) is 13.6. The molecule has 24 heavy (non-hydrogen) atoms. The molecule has 1 amide bonds. The van der Waals surface area contributed by atoms with E-state index in [9.17, 15) is 14.7 Å². The van der Waals surface area contributed by atoms with E-state index in [-0.39, 0.29) is 13.2 Å². The van der Waals surface area contributed by atoms with Gasteiger partial charge in [0.1, 0.15) is 6.61 Å². The Labute approximate surface area is 141 Å². The van der Waals surface area contributed by atoms with Gasteiger partial charge < -0.3 is 15.2 Å². The first-order valence-electron chi connectivity index (χ1n) is 7.71. The number of hydrogen-bond donors (Lipinski definition) is 2. The number of amides is 1. The molecule has 5 nitrogen and oxygen atoms in total. The van der Waals surface area contributed by atoms with Crippen LogP contribution in [0.4, 0.5) is 4.79 Å². The Morgan fingerprint density at radius 3 is 2.08 bits per heavy atom. The molecule has 0 saturated heterocycles. The van der Waals surface area contributed by atoms with E-state index in [0.29, 0.717) is 6.42 Å². The number of rotatable bonds is 7. The molecule has 1 unspecified atom stereocenters. The Balaban J connectivity index is 1.88. The van der Waals surface area contributed by atoms with Crippen LogP contribution in [0.3, 0.4) is 0 Å². The van der Waals surface area contributed by atoms with Crippen molar-refractivity contribution in [2.75, 3.05) is 6.54 Å². The summed E-state index contributed by atoms with van der Waals surface area (Å²) in [7, 11) is 0. The Morgan fingerprint density at radius 2 is 1.54 bits per heavy atom. The van der Waals surface area contributed by atoms with Gasteiger partial charge in [-0.25, -0.2) is 4.79 Å². The Bertz CT molecular complexity index is 672. The fourth-order valence-corrected chi connectivity index (χ4v) is 2.30.